The highest BCUT2D eigenvalue weighted by atomic mass is 19.1. The Hall–Kier alpha value is -2.44. The number of nitrogens with zero attached hydrogens (tertiary/aromatic N) is 1. The average molecular weight is 386 g/mol. The highest BCUT2D eigenvalue weighted by Gasteiger charge is 2.23. The molecule has 0 saturated carbocycles. The van der Waals surface area contributed by atoms with Gasteiger partial charge in [-0.05, 0) is 41.8 Å². The van der Waals surface area contributed by atoms with Gasteiger partial charge < -0.3 is 14.8 Å². The molecule has 2 aromatic carbocycles. The molecule has 1 heterocycles. The molecule has 1 aliphatic rings. The monoisotopic (exact) mass is 386 g/mol. The number of benzene rings is 2. The number of halogens is 1. The van der Waals surface area contributed by atoms with Gasteiger partial charge in [0, 0.05) is 26.1 Å². The molecule has 6 heteroatoms. The number of hydrogen-bond donors (Lipinski definition) is 1. The van der Waals surface area contributed by atoms with Crippen LogP contribution in [-0.2, 0) is 16.0 Å². The molecule has 0 bridgehead atoms. The Morgan fingerprint density at radius 2 is 1.82 bits per heavy atom. The second-order valence-electron chi connectivity index (χ2n) is 6.87. The fourth-order valence-corrected chi connectivity index (χ4v) is 3.38. The van der Waals surface area contributed by atoms with E-state index in [0.29, 0.717) is 32.6 Å². The van der Waals surface area contributed by atoms with Crippen LogP contribution in [0.3, 0.4) is 0 Å². The molecule has 1 fully saturated rings. The Morgan fingerprint density at radius 1 is 1.14 bits per heavy atom. The molecule has 0 aliphatic carbocycles. The van der Waals surface area contributed by atoms with Gasteiger partial charge in [0.25, 0.3) is 0 Å². The van der Waals surface area contributed by atoms with Crippen LogP contribution in [0.4, 0.5) is 4.39 Å². The van der Waals surface area contributed by atoms with Gasteiger partial charge in [0.05, 0.1) is 26.4 Å². The van der Waals surface area contributed by atoms with E-state index in [4.69, 9.17) is 9.47 Å². The number of morpholine rings is 1. The molecule has 1 amide bonds. The predicted octanol–water partition coefficient (Wildman–Crippen LogP) is 2.96. The summed E-state index contributed by atoms with van der Waals surface area (Å²) >= 11 is 0. The minimum atomic E-state index is -0.263. The molecule has 1 aliphatic heterocycles. The van der Waals surface area contributed by atoms with E-state index in [1.807, 2.05) is 24.3 Å². The van der Waals surface area contributed by atoms with E-state index in [0.717, 1.165) is 30.0 Å². The lowest BCUT2D eigenvalue weighted by molar-refractivity contribution is -0.121. The third kappa shape index (κ3) is 5.78. The van der Waals surface area contributed by atoms with Crippen molar-refractivity contribution in [1.82, 2.24) is 10.2 Å². The Balaban J connectivity index is 1.58. The van der Waals surface area contributed by atoms with Gasteiger partial charge in [0.1, 0.15) is 11.6 Å². The fourth-order valence-electron chi connectivity index (χ4n) is 3.38. The molecule has 2 aromatic rings. The second-order valence-corrected chi connectivity index (χ2v) is 6.87. The number of aryl methyl sites for hydroxylation is 1. The molecular formula is C22H27FN2O3. The maximum Gasteiger partial charge on any atom is 0.220 e. The van der Waals surface area contributed by atoms with Crippen molar-refractivity contribution in [3.05, 3.63) is 65.5 Å². The zero-order chi connectivity index (χ0) is 19.8. The topological polar surface area (TPSA) is 50.8 Å². The van der Waals surface area contributed by atoms with Crippen molar-refractivity contribution in [3.8, 4) is 5.75 Å². The van der Waals surface area contributed by atoms with E-state index in [2.05, 4.69) is 10.2 Å². The smallest absolute Gasteiger partial charge is 0.220 e. The lowest BCUT2D eigenvalue weighted by atomic mass is 10.0. The summed E-state index contributed by atoms with van der Waals surface area (Å²) in [5.41, 5.74) is 2.10. The number of nitrogens with one attached hydrogen (secondary N) is 1. The van der Waals surface area contributed by atoms with Crippen molar-refractivity contribution < 1.29 is 18.7 Å². The highest BCUT2D eigenvalue weighted by Crippen LogP contribution is 2.23. The van der Waals surface area contributed by atoms with E-state index in [9.17, 15) is 9.18 Å². The van der Waals surface area contributed by atoms with E-state index in [1.54, 1.807) is 19.2 Å². The van der Waals surface area contributed by atoms with Crippen molar-refractivity contribution in [2.45, 2.75) is 18.9 Å². The number of carbonyl (C=O) groups is 1. The number of amides is 1. The third-order valence-electron chi connectivity index (χ3n) is 5.03. The zero-order valence-electron chi connectivity index (χ0n) is 16.2. The fraction of sp³-hybridized carbons (Fsp3) is 0.409. The molecule has 0 radical (unpaired) electrons. The lowest BCUT2D eigenvalue weighted by Gasteiger charge is -2.35. The van der Waals surface area contributed by atoms with Crippen molar-refractivity contribution in [1.29, 1.82) is 0 Å². The molecular weight excluding hydrogens is 359 g/mol. The Bertz CT molecular complexity index is 743. The van der Waals surface area contributed by atoms with Crippen LogP contribution in [0.5, 0.6) is 5.75 Å². The quantitative estimate of drug-likeness (QED) is 0.758. The Morgan fingerprint density at radius 3 is 2.46 bits per heavy atom. The number of rotatable bonds is 8. The maximum atomic E-state index is 13.0. The van der Waals surface area contributed by atoms with Gasteiger partial charge in [-0.2, -0.15) is 0 Å². The number of hydrogen-bond acceptors (Lipinski definition) is 4. The van der Waals surface area contributed by atoms with Crippen molar-refractivity contribution in [3.63, 3.8) is 0 Å². The van der Waals surface area contributed by atoms with Gasteiger partial charge in [-0.15, -0.1) is 0 Å². The first kappa shape index (κ1) is 20.3. The first-order valence-corrected chi connectivity index (χ1v) is 9.62. The SMILES string of the molecule is COc1ccc(C(CNC(=O)CCc2ccc(F)cc2)N2CCOCC2)cc1. The Labute approximate surface area is 165 Å². The molecule has 1 N–H and O–H groups in total. The van der Waals surface area contributed by atoms with Crippen LogP contribution in [0.1, 0.15) is 23.6 Å². The summed E-state index contributed by atoms with van der Waals surface area (Å²) in [4.78, 5) is 14.7. The van der Waals surface area contributed by atoms with Gasteiger partial charge in [-0.1, -0.05) is 24.3 Å². The first-order chi connectivity index (χ1) is 13.7. The molecule has 1 saturated heterocycles. The van der Waals surface area contributed by atoms with Crippen molar-refractivity contribution in [2.75, 3.05) is 40.0 Å². The summed E-state index contributed by atoms with van der Waals surface area (Å²) in [5.74, 6) is 0.546. The lowest BCUT2D eigenvalue weighted by Crippen LogP contribution is -2.43. The molecule has 0 spiro atoms. The van der Waals surface area contributed by atoms with Gasteiger partial charge in [0.15, 0.2) is 0 Å². The van der Waals surface area contributed by atoms with Crippen LogP contribution >= 0.6 is 0 Å². The highest BCUT2D eigenvalue weighted by molar-refractivity contribution is 5.76. The summed E-state index contributed by atoms with van der Waals surface area (Å²) in [6.07, 6.45) is 0.973. The van der Waals surface area contributed by atoms with E-state index in [-0.39, 0.29) is 17.8 Å². The van der Waals surface area contributed by atoms with Crippen LogP contribution in [0, 0.1) is 5.82 Å². The maximum absolute atomic E-state index is 13.0. The van der Waals surface area contributed by atoms with E-state index >= 15 is 0 Å². The summed E-state index contributed by atoms with van der Waals surface area (Å²) in [5, 5.41) is 3.06. The largest absolute Gasteiger partial charge is 0.497 e. The number of carbonyl (C=O) groups excluding carboxylic acids is 1. The van der Waals surface area contributed by atoms with Crippen LogP contribution in [-0.4, -0.2) is 50.8 Å². The Kier molecular flexibility index (Phi) is 7.39. The number of ether oxygens (including phenoxy) is 2. The summed E-state index contributed by atoms with van der Waals surface area (Å²) in [7, 11) is 1.65. The number of methoxy groups -OCH3 is 1. The summed E-state index contributed by atoms with van der Waals surface area (Å²) < 4.78 is 23.7. The minimum Gasteiger partial charge on any atom is -0.497 e. The van der Waals surface area contributed by atoms with Gasteiger partial charge in [-0.25, -0.2) is 4.39 Å². The second kappa shape index (κ2) is 10.2. The molecule has 1 atom stereocenters. The molecule has 28 heavy (non-hydrogen) atoms. The van der Waals surface area contributed by atoms with Gasteiger partial charge >= 0.3 is 0 Å². The molecule has 5 nitrogen and oxygen atoms in total. The molecule has 150 valence electrons. The first-order valence-electron chi connectivity index (χ1n) is 9.62. The normalized spacial score (nSPS) is 15.8. The standard InChI is InChI=1S/C22H27FN2O3/c1-27-20-9-5-18(6-10-20)21(25-12-14-28-15-13-25)16-24-22(26)11-4-17-2-7-19(23)8-3-17/h2-3,5-10,21H,4,11-16H2,1H3,(H,24,26). The van der Waals surface area contributed by atoms with Crippen molar-refractivity contribution >= 4 is 5.91 Å². The summed E-state index contributed by atoms with van der Waals surface area (Å²) in [6, 6.07) is 14.3. The zero-order valence-corrected chi connectivity index (χ0v) is 16.2. The van der Waals surface area contributed by atoms with Gasteiger partial charge in [-0.3, -0.25) is 9.69 Å². The van der Waals surface area contributed by atoms with Crippen LogP contribution in [0.2, 0.25) is 0 Å². The van der Waals surface area contributed by atoms with Crippen LogP contribution < -0.4 is 10.1 Å². The average Bonchev–Trinajstić information content (AvgIpc) is 2.74. The van der Waals surface area contributed by atoms with Gasteiger partial charge in [0.2, 0.25) is 5.91 Å². The molecule has 3 rings (SSSR count). The predicted molar refractivity (Wildman–Crippen MR) is 106 cm³/mol. The molecule has 1 unspecified atom stereocenters. The minimum absolute atomic E-state index is 0.00361. The summed E-state index contributed by atoms with van der Waals surface area (Å²) in [6.45, 7) is 3.61. The van der Waals surface area contributed by atoms with Crippen molar-refractivity contribution in [2.24, 2.45) is 0 Å². The molecule has 0 aromatic heterocycles. The van der Waals surface area contributed by atoms with E-state index < -0.39 is 0 Å². The van der Waals surface area contributed by atoms with E-state index in [1.165, 1.54) is 12.1 Å². The third-order valence-corrected chi connectivity index (χ3v) is 5.03. The van der Waals surface area contributed by atoms with Crippen LogP contribution in [0.25, 0.3) is 0 Å². The van der Waals surface area contributed by atoms with Crippen LogP contribution in [0.15, 0.2) is 48.5 Å².